The predicted octanol–water partition coefficient (Wildman–Crippen LogP) is 4.91. The van der Waals surface area contributed by atoms with Crippen LogP contribution in [0.4, 0.5) is 0 Å². The first-order chi connectivity index (χ1) is 12.7. The molecule has 2 saturated carbocycles. The summed E-state index contributed by atoms with van der Waals surface area (Å²) in [6.45, 7) is -0.162. The fourth-order valence-electron chi connectivity index (χ4n) is 4.61. The van der Waals surface area contributed by atoms with Crippen LogP contribution in [0, 0.1) is 17.8 Å². The molecule has 0 N–H and O–H groups in total. The highest BCUT2D eigenvalue weighted by Gasteiger charge is 2.40. The van der Waals surface area contributed by atoms with Gasteiger partial charge < -0.3 is 4.74 Å². The van der Waals surface area contributed by atoms with Crippen LogP contribution in [0.2, 0.25) is 0 Å². The number of ketones is 1. The van der Waals surface area contributed by atoms with Gasteiger partial charge in [-0.3, -0.25) is 9.59 Å². The maximum atomic E-state index is 12.3. The molecular formula is C23H24O3. The first kappa shape index (κ1) is 17.0. The van der Waals surface area contributed by atoms with E-state index in [1.54, 1.807) is 12.1 Å². The Morgan fingerprint density at radius 2 is 1.62 bits per heavy atom. The number of esters is 1. The summed E-state index contributed by atoms with van der Waals surface area (Å²) in [5.41, 5.74) is 2.76. The van der Waals surface area contributed by atoms with E-state index in [9.17, 15) is 9.59 Å². The number of fused-ring (bicyclic) bond motifs is 2. The molecule has 0 heterocycles. The van der Waals surface area contributed by atoms with Crippen molar-refractivity contribution in [1.29, 1.82) is 0 Å². The Bertz CT molecular complexity index is 779. The second-order valence-corrected chi connectivity index (χ2v) is 7.67. The quantitative estimate of drug-likeness (QED) is 0.550. The number of hydrogen-bond acceptors (Lipinski definition) is 3. The van der Waals surface area contributed by atoms with Gasteiger partial charge in [0.1, 0.15) is 0 Å². The third-order valence-corrected chi connectivity index (χ3v) is 5.99. The number of ether oxygens (including phenoxy) is 1. The Kier molecular flexibility index (Phi) is 4.87. The number of rotatable bonds is 6. The topological polar surface area (TPSA) is 43.4 Å². The Hall–Kier alpha value is -2.42. The normalized spacial score (nSPS) is 23.8. The Labute approximate surface area is 154 Å². The molecular weight excluding hydrogens is 324 g/mol. The highest BCUT2D eigenvalue weighted by Crippen LogP contribution is 2.49. The van der Waals surface area contributed by atoms with Gasteiger partial charge in [0.15, 0.2) is 12.4 Å². The molecule has 134 valence electrons. The van der Waals surface area contributed by atoms with Crippen molar-refractivity contribution in [3.63, 3.8) is 0 Å². The molecule has 0 radical (unpaired) electrons. The SMILES string of the molecule is O=C(C[C@@H]1C[C@@H]2CC[C@@H]1C2)OCC(=O)c1ccc(-c2ccccc2)cc1. The molecule has 2 bridgehead atoms. The van der Waals surface area contributed by atoms with Crippen molar-refractivity contribution in [2.75, 3.05) is 6.61 Å². The van der Waals surface area contributed by atoms with Gasteiger partial charge in [-0.1, -0.05) is 61.0 Å². The maximum Gasteiger partial charge on any atom is 0.306 e. The Balaban J connectivity index is 1.28. The first-order valence-corrected chi connectivity index (χ1v) is 9.53. The van der Waals surface area contributed by atoms with Crippen molar-refractivity contribution in [2.45, 2.75) is 32.1 Å². The van der Waals surface area contributed by atoms with Gasteiger partial charge in [-0.25, -0.2) is 0 Å². The molecule has 0 aromatic heterocycles. The molecule has 3 atom stereocenters. The number of hydrogen-bond donors (Lipinski definition) is 0. The molecule has 0 aliphatic heterocycles. The van der Waals surface area contributed by atoms with Crippen molar-refractivity contribution in [3.05, 3.63) is 60.2 Å². The van der Waals surface area contributed by atoms with Crippen LogP contribution < -0.4 is 0 Å². The van der Waals surface area contributed by atoms with Gasteiger partial charge in [0.25, 0.3) is 0 Å². The van der Waals surface area contributed by atoms with Crippen LogP contribution in [0.5, 0.6) is 0 Å². The molecule has 4 rings (SSSR count). The van der Waals surface area contributed by atoms with Gasteiger partial charge in [0.05, 0.1) is 0 Å². The van der Waals surface area contributed by atoms with Crippen molar-refractivity contribution < 1.29 is 14.3 Å². The summed E-state index contributed by atoms with van der Waals surface area (Å²) in [6, 6.07) is 17.5. The second kappa shape index (κ2) is 7.45. The minimum atomic E-state index is -0.225. The van der Waals surface area contributed by atoms with E-state index >= 15 is 0 Å². The highest BCUT2D eigenvalue weighted by atomic mass is 16.5. The van der Waals surface area contributed by atoms with E-state index < -0.39 is 0 Å². The van der Waals surface area contributed by atoms with Crippen molar-refractivity contribution in [1.82, 2.24) is 0 Å². The maximum absolute atomic E-state index is 12.3. The molecule has 2 aromatic carbocycles. The monoisotopic (exact) mass is 348 g/mol. The minimum absolute atomic E-state index is 0.147. The van der Waals surface area contributed by atoms with Gasteiger partial charge >= 0.3 is 5.97 Å². The van der Waals surface area contributed by atoms with E-state index in [0.29, 0.717) is 23.8 Å². The Morgan fingerprint density at radius 3 is 2.27 bits per heavy atom. The molecule has 2 aromatic rings. The van der Waals surface area contributed by atoms with Gasteiger partial charge in [-0.05, 0) is 48.1 Å². The largest absolute Gasteiger partial charge is 0.457 e. The summed E-state index contributed by atoms with van der Waals surface area (Å²) in [7, 11) is 0. The zero-order valence-electron chi connectivity index (χ0n) is 14.9. The van der Waals surface area contributed by atoms with Crippen molar-refractivity contribution in [3.8, 4) is 11.1 Å². The fourth-order valence-corrected chi connectivity index (χ4v) is 4.61. The molecule has 0 saturated heterocycles. The molecule has 0 unspecified atom stereocenters. The van der Waals surface area contributed by atoms with Crippen LogP contribution in [0.3, 0.4) is 0 Å². The molecule has 3 heteroatoms. The van der Waals surface area contributed by atoms with Crippen LogP contribution in [0.1, 0.15) is 42.5 Å². The smallest absolute Gasteiger partial charge is 0.306 e. The lowest BCUT2D eigenvalue weighted by Gasteiger charge is -2.20. The fraction of sp³-hybridized carbons (Fsp3) is 0.391. The van der Waals surface area contributed by atoms with Crippen LogP contribution in [-0.2, 0) is 9.53 Å². The molecule has 0 spiro atoms. The summed E-state index contributed by atoms with van der Waals surface area (Å²) in [4.78, 5) is 24.4. The number of carbonyl (C=O) groups is 2. The molecule has 2 aliphatic rings. The zero-order chi connectivity index (χ0) is 17.9. The summed E-state index contributed by atoms with van der Waals surface area (Å²) < 4.78 is 5.25. The third-order valence-electron chi connectivity index (χ3n) is 5.99. The van der Waals surface area contributed by atoms with Crippen molar-refractivity contribution >= 4 is 11.8 Å². The summed E-state index contributed by atoms with van der Waals surface area (Å²) in [6.07, 6.45) is 5.50. The van der Waals surface area contributed by atoms with Gasteiger partial charge in [-0.15, -0.1) is 0 Å². The van der Waals surface area contributed by atoms with Gasteiger partial charge in [0, 0.05) is 12.0 Å². The minimum Gasteiger partial charge on any atom is -0.457 e. The summed E-state index contributed by atoms with van der Waals surface area (Å²) in [5, 5.41) is 0. The van der Waals surface area contributed by atoms with Crippen LogP contribution >= 0.6 is 0 Å². The number of benzene rings is 2. The van der Waals surface area contributed by atoms with E-state index in [-0.39, 0.29) is 18.4 Å². The number of carbonyl (C=O) groups excluding carboxylic acids is 2. The van der Waals surface area contributed by atoms with Crippen molar-refractivity contribution in [2.24, 2.45) is 17.8 Å². The number of Topliss-reactive ketones (excluding diaryl/α,β-unsaturated/α-hetero) is 1. The summed E-state index contributed by atoms with van der Waals surface area (Å²) >= 11 is 0. The van der Waals surface area contributed by atoms with Crippen LogP contribution in [0.25, 0.3) is 11.1 Å². The lowest BCUT2D eigenvalue weighted by Crippen LogP contribution is -2.19. The molecule has 2 fully saturated rings. The zero-order valence-corrected chi connectivity index (χ0v) is 14.9. The average molecular weight is 348 g/mol. The molecule has 3 nitrogen and oxygen atoms in total. The van der Waals surface area contributed by atoms with Gasteiger partial charge in [0.2, 0.25) is 0 Å². The molecule has 0 amide bonds. The van der Waals surface area contributed by atoms with Crippen LogP contribution in [-0.4, -0.2) is 18.4 Å². The molecule has 26 heavy (non-hydrogen) atoms. The summed E-state index contributed by atoms with van der Waals surface area (Å²) in [5.74, 6) is 1.63. The lowest BCUT2D eigenvalue weighted by atomic mass is 9.86. The van der Waals surface area contributed by atoms with Crippen LogP contribution in [0.15, 0.2) is 54.6 Å². The van der Waals surface area contributed by atoms with E-state index in [4.69, 9.17) is 4.74 Å². The third kappa shape index (κ3) is 3.72. The van der Waals surface area contributed by atoms with E-state index in [1.807, 2.05) is 42.5 Å². The average Bonchev–Trinajstić information content (AvgIpc) is 3.30. The molecule has 2 aliphatic carbocycles. The second-order valence-electron chi connectivity index (χ2n) is 7.67. The first-order valence-electron chi connectivity index (χ1n) is 9.53. The van der Waals surface area contributed by atoms with E-state index in [2.05, 4.69) is 0 Å². The van der Waals surface area contributed by atoms with E-state index in [0.717, 1.165) is 23.5 Å². The highest BCUT2D eigenvalue weighted by molar-refractivity contribution is 5.98. The Morgan fingerprint density at radius 1 is 0.885 bits per heavy atom. The standard InChI is InChI=1S/C23H24O3/c24-22(15-26-23(25)14-21-13-16-6-7-20(21)12-16)19-10-8-18(9-11-19)17-4-2-1-3-5-17/h1-5,8-11,16,20-21H,6-7,12-15H2/t16-,20-,21+/m1/s1. The lowest BCUT2D eigenvalue weighted by molar-refractivity contribution is -0.144. The van der Waals surface area contributed by atoms with Gasteiger partial charge in [-0.2, -0.15) is 0 Å². The van der Waals surface area contributed by atoms with E-state index in [1.165, 1.54) is 19.3 Å². The predicted molar refractivity (Wildman–Crippen MR) is 101 cm³/mol.